The van der Waals surface area contributed by atoms with E-state index in [9.17, 15) is 0 Å². The Morgan fingerprint density at radius 1 is 1.75 bits per heavy atom. The van der Waals surface area contributed by atoms with Gasteiger partial charge in [0.1, 0.15) is 0 Å². The van der Waals surface area contributed by atoms with Crippen molar-refractivity contribution >= 4 is 6.21 Å². The van der Waals surface area contributed by atoms with Crippen LogP contribution in [-0.2, 0) is 0 Å². The Hall–Kier alpha value is -0.530. The lowest BCUT2D eigenvalue weighted by atomic mass is 10.1. The van der Waals surface area contributed by atoms with Gasteiger partial charge in [-0.1, -0.05) is 6.92 Å². The van der Waals surface area contributed by atoms with Crippen LogP contribution >= 0.6 is 0 Å². The van der Waals surface area contributed by atoms with E-state index in [1.807, 2.05) is 0 Å². The van der Waals surface area contributed by atoms with Gasteiger partial charge in [-0.2, -0.15) is 0 Å². The summed E-state index contributed by atoms with van der Waals surface area (Å²) in [5, 5.41) is 11.0. The van der Waals surface area contributed by atoms with Crippen LogP contribution in [0.15, 0.2) is 5.16 Å². The SMILES string of the molecule is CC1(CC=NO)CC1. The van der Waals surface area contributed by atoms with E-state index in [1.165, 1.54) is 12.8 Å². The van der Waals surface area contributed by atoms with Crippen LogP contribution in [0.2, 0.25) is 0 Å². The third-order valence-corrected chi connectivity index (χ3v) is 1.77. The second kappa shape index (κ2) is 1.77. The molecule has 2 nitrogen and oxygen atoms in total. The average molecular weight is 113 g/mol. The van der Waals surface area contributed by atoms with E-state index in [1.54, 1.807) is 6.21 Å². The first-order valence-electron chi connectivity index (χ1n) is 2.93. The molecule has 8 heavy (non-hydrogen) atoms. The fraction of sp³-hybridized carbons (Fsp3) is 0.833. The van der Waals surface area contributed by atoms with Gasteiger partial charge < -0.3 is 5.21 Å². The second-order valence-electron chi connectivity index (χ2n) is 2.81. The Morgan fingerprint density at radius 2 is 2.38 bits per heavy atom. The fourth-order valence-electron chi connectivity index (χ4n) is 0.679. The highest BCUT2D eigenvalue weighted by molar-refractivity contribution is 5.57. The molecule has 0 aromatic carbocycles. The molecule has 0 heterocycles. The number of oxime groups is 1. The van der Waals surface area contributed by atoms with Crippen LogP contribution in [0, 0.1) is 5.41 Å². The van der Waals surface area contributed by atoms with Crippen molar-refractivity contribution in [3.63, 3.8) is 0 Å². The van der Waals surface area contributed by atoms with Gasteiger partial charge >= 0.3 is 0 Å². The summed E-state index contributed by atoms with van der Waals surface area (Å²) >= 11 is 0. The van der Waals surface area contributed by atoms with Gasteiger partial charge in [-0.3, -0.25) is 0 Å². The lowest BCUT2D eigenvalue weighted by Crippen LogP contribution is -1.91. The maximum atomic E-state index is 8.03. The van der Waals surface area contributed by atoms with Crippen LogP contribution in [0.3, 0.4) is 0 Å². The molecule has 1 saturated carbocycles. The first-order chi connectivity index (χ1) is 3.77. The van der Waals surface area contributed by atoms with E-state index in [0.717, 1.165) is 6.42 Å². The van der Waals surface area contributed by atoms with Gasteiger partial charge in [0.15, 0.2) is 0 Å². The summed E-state index contributed by atoms with van der Waals surface area (Å²) in [7, 11) is 0. The van der Waals surface area contributed by atoms with Crippen molar-refractivity contribution in [2.75, 3.05) is 0 Å². The second-order valence-corrected chi connectivity index (χ2v) is 2.81. The van der Waals surface area contributed by atoms with E-state index < -0.39 is 0 Å². The lowest BCUT2D eigenvalue weighted by Gasteiger charge is -1.97. The minimum Gasteiger partial charge on any atom is -0.411 e. The Morgan fingerprint density at radius 3 is 2.75 bits per heavy atom. The molecule has 0 atom stereocenters. The van der Waals surface area contributed by atoms with Crippen molar-refractivity contribution in [1.82, 2.24) is 0 Å². The third kappa shape index (κ3) is 1.22. The van der Waals surface area contributed by atoms with E-state index in [4.69, 9.17) is 5.21 Å². The molecule has 0 unspecified atom stereocenters. The highest BCUT2D eigenvalue weighted by Crippen LogP contribution is 2.47. The Labute approximate surface area is 49.2 Å². The van der Waals surface area contributed by atoms with Crippen molar-refractivity contribution in [1.29, 1.82) is 0 Å². The van der Waals surface area contributed by atoms with Gasteiger partial charge in [0.2, 0.25) is 0 Å². The molecule has 46 valence electrons. The molecule has 0 aliphatic heterocycles. The minimum atomic E-state index is 0.492. The lowest BCUT2D eigenvalue weighted by molar-refractivity contribution is 0.319. The molecule has 1 N–H and O–H groups in total. The predicted octanol–water partition coefficient (Wildman–Crippen LogP) is 1.64. The predicted molar refractivity (Wildman–Crippen MR) is 32.2 cm³/mol. The molecule has 0 aromatic heterocycles. The van der Waals surface area contributed by atoms with Crippen molar-refractivity contribution in [2.24, 2.45) is 10.6 Å². The van der Waals surface area contributed by atoms with Crippen molar-refractivity contribution in [3.05, 3.63) is 0 Å². The summed E-state index contributed by atoms with van der Waals surface area (Å²) in [6.07, 6.45) is 5.09. The van der Waals surface area contributed by atoms with Crippen LogP contribution in [-0.4, -0.2) is 11.4 Å². The summed E-state index contributed by atoms with van der Waals surface area (Å²) in [4.78, 5) is 0. The first kappa shape index (κ1) is 5.60. The Kier molecular flexibility index (Phi) is 1.24. The summed E-state index contributed by atoms with van der Waals surface area (Å²) in [6.45, 7) is 2.20. The molecule has 1 aliphatic rings. The van der Waals surface area contributed by atoms with Gasteiger partial charge in [-0.25, -0.2) is 0 Å². The highest BCUT2D eigenvalue weighted by Gasteiger charge is 2.35. The largest absolute Gasteiger partial charge is 0.411 e. The summed E-state index contributed by atoms with van der Waals surface area (Å²) in [5.74, 6) is 0. The van der Waals surface area contributed by atoms with Crippen LogP contribution in [0.4, 0.5) is 0 Å². The summed E-state index contributed by atoms with van der Waals surface area (Å²) < 4.78 is 0. The molecule has 1 fully saturated rings. The Balaban J connectivity index is 2.19. The summed E-state index contributed by atoms with van der Waals surface area (Å²) in [6, 6.07) is 0. The van der Waals surface area contributed by atoms with Gasteiger partial charge in [-0.15, -0.1) is 5.16 Å². The summed E-state index contributed by atoms with van der Waals surface area (Å²) in [5.41, 5.74) is 0.492. The highest BCUT2D eigenvalue weighted by atomic mass is 16.4. The smallest absolute Gasteiger partial charge is 0.0441 e. The van der Waals surface area contributed by atoms with E-state index in [0.29, 0.717) is 5.41 Å². The number of hydrogen-bond acceptors (Lipinski definition) is 2. The molecular weight excluding hydrogens is 102 g/mol. The molecule has 1 aliphatic carbocycles. The molecule has 0 saturated heterocycles. The number of rotatable bonds is 2. The minimum absolute atomic E-state index is 0.492. The van der Waals surface area contributed by atoms with Crippen molar-refractivity contribution in [2.45, 2.75) is 26.2 Å². The molecule has 1 rings (SSSR count). The van der Waals surface area contributed by atoms with Crippen LogP contribution in [0.25, 0.3) is 0 Å². The fourth-order valence-corrected chi connectivity index (χ4v) is 0.679. The van der Waals surface area contributed by atoms with Gasteiger partial charge in [0.05, 0.1) is 0 Å². The van der Waals surface area contributed by atoms with E-state index in [-0.39, 0.29) is 0 Å². The monoisotopic (exact) mass is 113 g/mol. The quantitative estimate of drug-likeness (QED) is 0.329. The molecule has 0 spiro atoms. The Bertz CT molecular complexity index is 105. The zero-order valence-corrected chi connectivity index (χ0v) is 5.09. The van der Waals surface area contributed by atoms with E-state index >= 15 is 0 Å². The number of nitrogens with zero attached hydrogens (tertiary/aromatic N) is 1. The standard InChI is InChI=1S/C6H11NO/c1-6(2-3-6)4-5-7-8/h5,8H,2-4H2,1H3. The normalized spacial score (nSPS) is 24.1. The maximum Gasteiger partial charge on any atom is 0.0441 e. The molecular formula is C6H11NO. The van der Waals surface area contributed by atoms with Crippen molar-refractivity contribution in [3.8, 4) is 0 Å². The zero-order chi connectivity index (χ0) is 6.04. The van der Waals surface area contributed by atoms with Crippen molar-refractivity contribution < 1.29 is 5.21 Å². The van der Waals surface area contributed by atoms with E-state index in [2.05, 4.69) is 12.1 Å². The first-order valence-corrected chi connectivity index (χ1v) is 2.93. The average Bonchev–Trinajstić information content (AvgIpc) is 2.45. The maximum absolute atomic E-state index is 8.03. The van der Waals surface area contributed by atoms with Gasteiger partial charge in [0.25, 0.3) is 0 Å². The molecule has 0 radical (unpaired) electrons. The molecule has 0 amide bonds. The zero-order valence-electron chi connectivity index (χ0n) is 5.09. The van der Waals surface area contributed by atoms with Gasteiger partial charge in [0, 0.05) is 6.21 Å². The molecule has 2 heteroatoms. The third-order valence-electron chi connectivity index (χ3n) is 1.77. The molecule has 0 bridgehead atoms. The topological polar surface area (TPSA) is 32.6 Å². The van der Waals surface area contributed by atoms with Gasteiger partial charge in [-0.05, 0) is 24.7 Å². The molecule has 0 aromatic rings. The van der Waals surface area contributed by atoms with Crippen LogP contribution in [0.5, 0.6) is 0 Å². The van der Waals surface area contributed by atoms with Crippen LogP contribution in [0.1, 0.15) is 26.2 Å². The van der Waals surface area contributed by atoms with Crippen LogP contribution < -0.4 is 0 Å². The number of hydrogen-bond donors (Lipinski definition) is 1.